The summed E-state index contributed by atoms with van der Waals surface area (Å²) in [7, 11) is 1.67. The summed E-state index contributed by atoms with van der Waals surface area (Å²) in [6.07, 6.45) is 0. The van der Waals surface area contributed by atoms with Crippen LogP contribution < -0.4 is 15.4 Å². The van der Waals surface area contributed by atoms with Gasteiger partial charge in [-0.3, -0.25) is 0 Å². The van der Waals surface area contributed by atoms with Crippen LogP contribution in [0.3, 0.4) is 0 Å². The Hall–Kier alpha value is -1.32. The molecule has 0 saturated heterocycles. The van der Waals surface area contributed by atoms with Gasteiger partial charge in [0.2, 0.25) is 0 Å². The molecule has 3 N–H and O–H groups in total. The summed E-state index contributed by atoms with van der Waals surface area (Å²) < 4.78 is 5.31. The topological polar surface area (TPSA) is 65.9 Å². The number of guanidine groups is 1. The van der Waals surface area contributed by atoms with Crippen LogP contribution in [0.5, 0.6) is 5.75 Å². The maximum atomic E-state index is 10.6. The smallest absolute Gasteiger partial charge is 0.191 e. The molecule has 7 heteroatoms. The first-order valence-electron chi connectivity index (χ1n) is 8.37. The zero-order valence-corrected chi connectivity index (χ0v) is 18.9. The number of aliphatic imine (C=N–C) groups is 1. The Morgan fingerprint density at radius 1 is 1.31 bits per heavy atom. The molecule has 5 nitrogen and oxygen atoms in total. The van der Waals surface area contributed by atoms with Crippen molar-refractivity contribution < 1.29 is 9.84 Å². The van der Waals surface area contributed by atoms with E-state index in [2.05, 4.69) is 21.7 Å². The van der Waals surface area contributed by atoms with Crippen LogP contribution in [0.2, 0.25) is 0 Å². The number of benzene rings is 1. The fourth-order valence-corrected chi connectivity index (χ4v) is 3.26. The van der Waals surface area contributed by atoms with Gasteiger partial charge in [-0.1, -0.05) is 12.1 Å². The number of thiophene rings is 1. The summed E-state index contributed by atoms with van der Waals surface area (Å²) in [5, 5.41) is 19.0. The van der Waals surface area contributed by atoms with Gasteiger partial charge in [-0.15, -0.1) is 35.3 Å². The van der Waals surface area contributed by atoms with Crippen molar-refractivity contribution in [2.45, 2.75) is 32.9 Å². The van der Waals surface area contributed by atoms with Gasteiger partial charge in [-0.25, -0.2) is 4.99 Å². The molecule has 1 heterocycles. The Morgan fingerprint density at radius 3 is 2.69 bits per heavy atom. The van der Waals surface area contributed by atoms with Gasteiger partial charge in [0, 0.05) is 11.4 Å². The number of aryl methyl sites for hydroxylation is 1. The maximum absolute atomic E-state index is 10.6. The molecule has 2 rings (SSSR count). The number of aliphatic hydroxyl groups is 1. The molecule has 144 valence electrons. The Labute approximate surface area is 176 Å². The first kappa shape index (κ1) is 22.7. The van der Waals surface area contributed by atoms with Gasteiger partial charge in [-0.2, -0.15) is 0 Å². The number of methoxy groups -OCH3 is 1. The van der Waals surface area contributed by atoms with Gasteiger partial charge in [0.05, 0.1) is 20.2 Å². The SMILES string of the molecule is CCNC(=NCc1cc(C)cc(OC)c1)NCC(C)(O)c1cccs1.I. The molecule has 0 aliphatic heterocycles. The Kier molecular flexibility index (Phi) is 9.38. The van der Waals surface area contributed by atoms with Crippen LogP contribution >= 0.6 is 35.3 Å². The van der Waals surface area contributed by atoms with E-state index in [0.29, 0.717) is 19.0 Å². The maximum Gasteiger partial charge on any atom is 0.191 e. The molecule has 0 amide bonds. The number of hydrogen-bond acceptors (Lipinski definition) is 4. The van der Waals surface area contributed by atoms with Gasteiger partial charge in [0.25, 0.3) is 0 Å². The lowest BCUT2D eigenvalue weighted by atomic mass is 10.1. The number of nitrogens with one attached hydrogen (secondary N) is 2. The number of ether oxygens (including phenoxy) is 1. The lowest BCUT2D eigenvalue weighted by Gasteiger charge is -2.23. The average Bonchev–Trinajstić information content (AvgIpc) is 3.12. The van der Waals surface area contributed by atoms with Crippen molar-refractivity contribution >= 4 is 41.3 Å². The molecule has 1 aromatic heterocycles. The number of halogens is 1. The van der Waals surface area contributed by atoms with Crippen molar-refractivity contribution in [2.75, 3.05) is 20.2 Å². The van der Waals surface area contributed by atoms with E-state index in [1.165, 1.54) is 0 Å². The van der Waals surface area contributed by atoms with Crippen LogP contribution in [0, 0.1) is 6.92 Å². The van der Waals surface area contributed by atoms with Gasteiger partial charge < -0.3 is 20.5 Å². The molecule has 26 heavy (non-hydrogen) atoms. The van der Waals surface area contributed by atoms with Crippen LogP contribution in [-0.4, -0.2) is 31.3 Å². The molecule has 0 fully saturated rings. The van der Waals surface area contributed by atoms with E-state index in [4.69, 9.17) is 4.74 Å². The second-order valence-corrected chi connectivity index (χ2v) is 7.11. The molecule has 0 aliphatic carbocycles. The highest BCUT2D eigenvalue weighted by atomic mass is 127. The van der Waals surface area contributed by atoms with Gasteiger partial charge >= 0.3 is 0 Å². The fraction of sp³-hybridized carbons (Fsp3) is 0.421. The van der Waals surface area contributed by atoms with E-state index in [0.717, 1.165) is 28.3 Å². The summed E-state index contributed by atoms with van der Waals surface area (Å²) in [6.45, 7) is 7.54. The Morgan fingerprint density at radius 2 is 2.08 bits per heavy atom. The number of nitrogens with zero attached hydrogens (tertiary/aromatic N) is 1. The van der Waals surface area contributed by atoms with Crippen molar-refractivity contribution in [2.24, 2.45) is 4.99 Å². The minimum atomic E-state index is -0.934. The standard InChI is InChI=1S/C19H27N3O2S.HI/c1-5-20-18(22-13-19(3,23)17-7-6-8-25-17)21-12-15-9-14(2)10-16(11-15)24-4;/h6-11,23H,5,12-13H2,1-4H3,(H2,20,21,22);1H. The van der Waals surface area contributed by atoms with Crippen LogP contribution in [0.25, 0.3) is 0 Å². The molecule has 1 unspecified atom stereocenters. The molecular formula is C19H28IN3O2S. The monoisotopic (exact) mass is 489 g/mol. The second kappa shape index (κ2) is 10.7. The Bertz CT molecular complexity index is 703. The summed E-state index contributed by atoms with van der Waals surface area (Å²) >= 11 is 1.55. The highest BCUT2D eigenvalue weighted by molar-refractivity contribution is 14.0. The van der Waals surface area contributed by atoms with Crippen molar-refractivity contribution in [3.63, 3.8) is 0 Å². The van der Waals surface area contributed by atoms with E-state index in [-0.39, 0.29) is 24.0 Å². The molecule has 2 aromatic rings. The largest absolute Gasteiger partial charge is 0.497 e. The quantitative estimate of drug-likeness (QED) is 0.316. The van der Waals surface area contributed by atoms with E-state index >= 15 is 0 Å². The molecule has 1 atom stereocenters. The van der Waals surface area contributed by atoms with E-state index in [1.54, 1.807) is 25.4 Å². The van der Waals surface area contributed by atoms with Crippen molar-refractivity contribution in [1.82, 2.24) is 10.6 Å². The molecule has 0 radical (unpaired) electrons. The lowest BCUT2D eigenvalue weighted by Crippen LogP contribution is -2.44. The summed E-state index contributed by atoms with van der Waals surface area (Å²) in [5.74, 6) is 1.52. The van der Waals surface area contributed by atoms with Gasteiger partial charge in [0.1, 0.15) is 11.4 Å². The molecule has 0 aliphatic rings. The number of rotatable bonds is 7. The predicted molar refractivity (Wildman–Crippen MR) is 120 cm³/mol. The van der Waals surface area contributed by atoms with Crippen LogP contribution in [0.4, 0.5) is 0 Å². The van der Waals surface area contributed by atoms with E-state index in [9.17, 15) is 5.11 Å². The van der Waals surface area contributed by atoms with Crippen LogP contribution in [0.15, 0.2) is 40.7 Å². The Balaban J connectivity index is 0.00000338. The minimum absolute atomic E-state index is 0. The third-order valence-electron chi connectivity index (χ3n) is 3.76. The molecule has 1 aromatic carbocycles. The first-order chi connectivity index (χ1) is 11.9. The van der Waals surface area contributed by atoms with E-state index < -0.39 is 5.60 Å². The lowest BCUT2D eigenvalue weighted by molar-refractivity contribution is 0.0655. The summed E-state index contributed by atoms with van der Waals surface area (Å²) in [5.41, 5.74) is 1.29. The summed E-state index contributed by atoms with van der Waals surface area (Å²) in [4.78, 5) is 5.55. The van der Waals surface area contributed by atoms with Crippen molar-refractivity contribution in [1.29, 1.82) is 0 Å². The van der Waals surface area contributed by atoms with Crippen LogP contribution in [-0.2, 0) is 12.1 Å². The van der Waals surface area contributed by atoms with Gasteiger partial charge in [-0.05, 0) is 55.5 Å². The van der Waals surface area contributed by atoms with Gasteiger partial charge in [0.15, 0.2) is 5.96 Å². The van der Waals surface area contributed by atoms with E-state index in [1.807, 2.05) is 43.5 Å². The van der Waals surface area contributed by atoms with Crippen molar-refractivity contribution in [3.8, 4) is 5.75 Å². The highest BCUT2D eigenvalue weighted by Crippen LogP contribution is 2.24. The van der Waals surface area contributed by atoms with Crippen molar-refractivity contribution in [3.05, 3.63) is 51.7 Å². The molecular weight excluding hydrogens is 461 g/mol. The molecule has 0 spiro atoms. The normalized spacial score (nSPS) is 13.5. The number of hydrogen-bond donors (Lipinski definition) is 3. The minimum Gasteiger partial charge on any atom is -0.497 e. The zero-order valence-electron chi connectivity index (χ0n) is 15.7. The molecule has 0 bridgehead atoms. The second-order valence-electron chi connectivity index (χ2n) is 6.16. The van der Waals surface area contributed by atoms with Crippen LogP contribution in [0.1, 0.15) is 29.9 Å². The predicted octanol–water partition coefficient (Wildman–Crippen LogP) is 3.65. The first-order valence-corrected chi connectivity index (χ1v) is 9.25. The highest BCUT2D eigenvalue weighted by Gasteiger charge is 2.24. The molecule has 0 saturated carbocycles. The third kappa shape index (κ3) is 6.77. The zero-order chi connectivity index (χ0) is 18.3. The average molecular weight is 489 g/mol. The summed E-state index contributed by atoms with van der Waals surface area (Å²) in [6, 6.07) is 9.96. The third-order valence-corrected chi connectivity index (χ3v) is 4.89. The fourth-order valence-electron chi connectivity index (χ4n) is 2.47.